The van der Waals surface area contributed by atoms with Crippen molar-refractivity contribution in [1.29, 1.82) is 0 Å². The molecule has 2 aromatic rings. The lowest BCUT2D eigenvalue weighted by Crippen LogP contribution is -2.55. The Hall–Kier alpha value is -1.54. The van der Waals surface area contributed by atoms with E-state index in [4.69, 9.17) is 4.74 Å². The second kappa shape index (κ2) is 9.30. The predicted molar refractivity (Wildman–Crippen MR) is 128 cm³/mol. The molecule has 1 aliphatic heterocycles. The molecule has 5 nitrogen and oxygen atoms in total. The number of rotatable bonds is 5. The number of carbonyl (C=O) groups is 2. The van der Waals surface area contributed by atoms with Gasteiger partial charge in [0, 0.05) is 26.4 Å². The maximum Gasteiger partial charge on any atom is 0.341 e. The van der Waals surface area contributed by atoms with E-state index in [1.807, 2.05) is 24.3 Å². The average Bonchev–Trinajstić information content (AvgIpc) is 2.99. The van der Waals surface area contributed by atoms with E-state index < -0.39 is 5.97 Å². The number of halogens is 1. The van der Waals surface area contributed by atoms with Gasteiger partial charge in [0.1, 0.15) is 5.00 Å². The van der Waals surface area contributed by atoms with Crippen molar-refractivity contribution in [2.45, 2.75) is 57.0 Å². The Morgan fingerprint density at radius 2 is 1.83 bits per heavy atom. The summed E-state index contributed by atoms with van der Waals surface area (Å²) >= 11 is 3.18. The Morgan fingerprint density at radius 1 is 1.20 bits per heavy atom. The van der Waals surface area contributed by atoms with Crippen LogP contribution < -0.4 is 10.6 Å². The van der Waals surface area contributed by atoms with E-state index in [9.17, 15) is 9.59 Å². The molecule has 0 unspecified atom stereocenters. The second-order valence-corrected chi connectivity index (χ2v) is 10.7. The first-order valence-corrected chi connectivity index (χ1v) is 11.5. The molecule has 164 valence electrons. The quantitative estimate of drug-likeness (QED) is 0.449. The van der Waals surface area contributed by atoms with Crippen LogP contribution in [0.2, 0.25) is 0 Å². The fourth-order valence-corrected chi connectivity index (χ4v) is 5.90. The zero-order valence-corrected chi connectivity index (χ0v) is 20.6. The number of fused-ring (bicyclic) bond motifs is 1. The summed E-state index contributed by atoms with van der Waals surface area (Å²) in [5.74, 6) is 0.336. The molecule has 0 bridgehead atoms. The summed E-state index contributed by atoms with van der Waals surface area (Å²) in [6.07, 6.45) is 0.686. The van der Waals surface area contributed by atoms with Crippen molar-refractivity contribution in [2.75, 3.05) is 18.2 Å². The number of thioether (sulfide) groups is 1. The molecule has 30 heavy (non-hydrogen) atoms. The fourth-order valence-electron chi connectivity index (χ4n) is 3.98. The molecule has 0 spiro atoms. The van der Waals surface area contributed by atoms with Crippen LogP contribution in [0.1, 0.15) is 65.8 Å². The van der Waals surface area contributed by atoms with Gasteiger partial charge >= 0.3 is 5.97 Å². The smallest absolute Gasteiger partial charge is 0.341 e. The Balaban J connectivity index is 0.00000320. The van der Waals surface area contributed by atoms with Crippen LogP contribution in [0.3, 0.4) is 0 Å². The van der Waals surface area contributed by atoms with Gasteiger partial charge in [-0.05, 0) is 69.7 Å². The van der Waals surface area contributed by atoms with Gasteiger partial charge in [0.15, 0.2) is 0 Å². The molecule has 0 fully saturated rings. The number of benzene rings is 1. The number of carbonyl (C=O) groups excluding carboxylic acids is 2. The van der Waals surface area contributed by atoms with Gasteiger partial charge in [-0.3, -0.25) is 4.79 Å². The summed E-state index contributed by atoms with van der Waals surface area (Å²) < 4.78 is 5.06. The summed E-state index contributed by atoms with van der Waals surface area (Å²) in [7, 11) is 1.37. The Kier molecular flexibility index (Phi) is 7.67. The lowest BCUT2D eigenvalue weighted by Gasteiger charge is -2.42. The molecule has 0 aliphatic carbocycles. The largest absolute Gasteiger partial charge is 0.465 e. The maximum absolute atomic E-state index is 12.9. The summed E-state index contributed by atoms with van der Waals surface area (Å²) in [5, 5.41) is 7.14. The van der Waals surface area contributed by atoms with Gasteiger partial charge in [-0.25, -0.2) is 4.79 Å². The fraction of sp³-hybridized carbons (Fsp3) is 0.455. The van der Waals surface area contributed by atoms with E-state index in [-0.39, 0.29) is 29.4 Å². The van der Waals surface area contributed by atoms with E-state index in [1.54, 1.807) is 11.8 Å². The minimum absolute atomic E-state index is 0. The van der Waals surface area contributed by atoms with Gasteiger partial charge in [-0.1, -0.05) is 6.92 Å². The van der Waals surface area contributed by atoms with E-state index in [1.165, 1.54) is 18.4 Å². The molecule has 0 radical (unpaired) electrons. The van der Waals surface area contributed by atoms with Crippen LogP contribution in [0.25, 0.3) is 0 Å². The molecule has 2 heterocycles. The van der Waals surface area contributed by atoms with Crippen molar-refractivity contribution in [2.24, 2.45) is 0 Å². The molecule has 8 heteroatoms. The number of esters is 1. The van der Waals surface area contributed by atoms with Crippen molar-refractivity contribution >= 4 is 52.4 Å². The molecule has 1 aromatic carbocycles. The highest BCUT2D eigenvalue weighted by molar-refractivity contribution is 7.99. The number of hydrogen-bond acceptors (Lipinski definition) is 6. The number of nitrogens with one attached hydrogen (secondary N) is 2. The predicted octanol–water partition coefficient (Wildman–Crippen LogP) is 5.48. The lowest BCUT2D eigenvalue weighted by atomic mass is 9.81. The normalized spacial score (nSPS) is 16.2. The first-order chi connectivity index (χ1) is 13.6. The van der Waals surface area contributed by atoms with Crippen molar-refractivity contribution in [3.05, 3.63) is 45.8 Å². The molecule has 0 saturated heterocycles. The lowest BCUT2D eigenvalue weighted by molar-refractivity contribution is 0.0600. The average molecular weight is 469 g/mol. The standard InChI is InChI=1S/C22H28N2O3S2.ClH/c1-7-28-14-10-8-13(9-11-14)18(25)23-19-16(20(26)27-6)15-12-21(2,3)24-22(4,5)17(15)29-19;/h8-11,24H,7,12H2,1-6H3,(H,23,25);1H. The Morgan fingerprint density at radius 3 is 2.40 bits per heavy atom. The van der Waals surface area contributed by atoms with Crippen molar-refractivity contribution in [3.8, 4) is 0 Å². The molecular weight excluding hydrogens is 440 g/mol. The number of anilines is 1. The zero-order valence-electron chi connectivity index (χ0n) is 18.2. The summed E-state index contributed by atoms with van der Waals surface area (Å²) in [6.45, 7) is 10.5. The van der Waals surface area contributed by atoms with Crippen molar-refractivity contribution in [1.82, 2.24) is 5.32 Å². The highest BCUT2D eigenvalue weighted by Crippen LogP contribution is 2.45. The number of hydrogen-bond donors (Lipinski definition) is 2. The van der Waals surface area contributed by atoms with Crippen LogP contribution in [0.5, 0.6) is 0 Å². The summed E-state index contributed by atoms with van der Waals surface area (Å²) in [5.41, 5.74) is 1.51. The van der Waals surface area contributed by atoms with Crippen LogP contribution >= 0.6 is 35.5 Å². The van der Waals surface area contributed by atoms with Gasteiger partial charge in [0.25, 0.3) is 5.91 Å². The van der Waals surface area contributed by atoms with Crippen molar-refractivity contribution in [3.63, 3.8) is 0 Å². The van der Waals surface area contributed by atoms with E-state index in [0.717, 1.165) is 21.1 Å². The van der Waals surface area contributed by atoms with Gasteiger partial charge in [0.2, 0.25) is 0 Å². The van der Waals surface area contributed by atoms with Crippen molar-refractivity contribution < 1.29 is 14.3 Å². The summed E-state index contributed by atoms with van der Waals surface area (Å²) in [6, 6.07) is 7.51. The zero-order chi connectivity index (χ0) is 21.4. The summed E-state index contributed by atoms with van der Waals surface area (Å²) in [4.78, 5) is 27.7. The van der Waals surface area contributed by atoms with E-state index >= 15 is 0 Å². The van der Waals surface area contributed by atoms with E-state index in [0.29, 0.717) is 22.5 Å². The number of amides is 1. The van der Waals surface area contributed by atoms with Crippen LogP contribution in [-0.4, -0.2) is 30.3 Å². The molecule has 1 aliphatic rings. The van der Waals surface area contributed by atoms with Gasteiger partial charge in [-0.2, -0.15) is 0 Å². The molecule has 0 atom stereocenters. The highest BCUT2D eigenvalue weighted by atomic mass is 35.5. The Bertz CT molecular complexity index is 937. The first-order valence-electron chi connectivity index (χ1n) is 9.66. The van der Waals surface area contributed by atoms with Gasteiger partial charge in [-0.15, -0.1) is 35.5 Å². The second-order valence-electron chi connectivity index (χ2n) is 8.33. The highest BCUT2D eigenvalue weighted by Gasteiger charge is 2.42. The third-order valence-corrected chi connectivity index (χ3v) is 7.25. The van der Waals surface area contributed by atoms with Gasteiger partial charge < -0.3 is 15.4 Å². The van der Waals surface area contributed by atoms with Crippen LogP contribution in [0, 0.1) is 0 Å². The van der Waals surface area contributed by atoms with Crippen LogP contribution in [0.4, 0.5) is 5.00 Å². The molecule has 1 amide bonds. The monoisotopic (exact) mass is 468 g/mol. The number of thiophene rings is 1. The first kappa shape index (κ1) is 24.7. The third kappa shape index (κ3) is 5.02. The minimum atomic E-state index is -0.416. The van der Waals surface area contributed by atoms with Gasteiger partial charge in [0.05, 0.1) is 12.7 Å². The molecule has 1 aromatic heterocycles. The third-order valence-electron chi connectivity index (χ3n) is 4.89. The van der Waals surface area contributed by atoms with E-state index in [2.05, 4.69) is 45.3 Å². The van der Waals surface area contributed by atoms with Crippen LogP contribution in [0.15, 0.2) is 29.2 Å². The Labute approximate surface area is 192 Å². The molecule has 3 rings (SSSR count). The number of ether oxygens (including phenoxy) is 1. The molecule has 0 saturated carbocycles. The molecule has 2 N–H and O–H groups in total. The number of methoxy groups -OCH3 is 1. The molecular formula is C22H29ClN2O3S2. The SMILES string of the molecule is CCSc1ccc(C(=O)Nc2sc3c(c2C(=O)OC)CC(C)(C)NC3(C)C)cc1.Cl. The maximum atomic E-state index is 12.9. The van der Waals surface area contributed by atoms with Crippen LogP contribution in [-0.2, 0) is 16.7 Å². The minimum Gasteiger partial charge on any atom is -0.465 e. The topological polar surface area (TPSA) is 67.4 Å².